The van der Waals surface area contributed by atoms with Gasteiger partial charge in [0, 0.05) is 50.2 Å². The molecule has 1 aromatic carbocycles. The molecule has 124 valence electrons. The van der Waals surface area contributed by atoms with E-state index in [1.807, 2.05) is 4.90 Å². The zero-order valence-corrected chi connectivity index (χ0v) is 13.0. The molecule has 0 radical (unpaired) electrons. The van der Waals surface area contributed by atoms with Crippen molar-refractivity contribution in [3.63, 3.8) is 0 Å². The molecule has 0 N–H and O–H groups in total. The van der Waals surface area contributed by atoms with Gasteiger partial charge in [0.1, 0.15) is 0 Å². The molecule has 0 bridgehead atoms. The molecule has 24 heavy (non-hydrogen) atoms. The molecule has 1 amide bonds. The quantitative estimate of drug-likeness (QED) is 0.620. The lowest BCUT2D eigenvalue weighted by Gasteiger charge is -2.34. The van der Waals surface area contributed by atoms with Crippen LogP contribution in [-0.4, -0.2) is 51.9 Å². The lowest BCUT2D eigenvalue weighted by Crippen LogP contribution is -2.49. The lowest BCUT2D eigenvalue weighted by atomic mass is 10.1. The Morgan fingerprint density at radius 1 is 1.08 bits per heavy atom. The fourth-order valence-electron chi connectivity index (χ4n) is 2.72. The van der Waals surface area contributed by atoms with Crippen LogP contribution in [0.3, 0.4) is 0 Å². The van der Waals surface area contributed by atoms with Gasteiger partial charge in [-0.3, -0.25) is 14.9 Å². The van der Waals surface area contributed by atoms with Gasteiger partial charge >= 0.3 is 0 Å². The second-order valence-electron chi connectivity index (χ2n) is 5.48. The highest BCUT2D eigenvalue weighted by Crippen LogP contribution is 2.19. The highest BCUT2D eigenvalue weighted by atomic mass is 16.6. The molecule has 0 aliphatic carbocycles. The van der Waals surface area contributed by atoms with Crippen LogP contribution in [0.4, 0.5) is 11.6 Å². The number of hydrogen-bond donors (Lipinski definition) is 0. The molecule has 1 aromatic heterocycles. The summed E-state index contributed by atoms with van der Waals surface area (Å²) in [7, 11) is 0. The van der Waals surface area contributed by atoms with Crippen LogP contribution in [0.2, 0.25) is 0 Å². The summed E-state index contributed by atoms with van der Waals surface area (Å²) in [6, 6.07) is 8.12. The number of benzene rings is 1. The van der Waals surface area contributed by atoms with Crippen LogP contribution in [0.25, 0.3) is 0 Å². The first-order valence-corrected chi connectivity index (χ1v) is 7.67. The Labute approximate surface area is 138 Å². The number of rotatable bonds is 4. The smallest absolute Gasteiger partial charge is 0.273 e. The van der Waals surface area contributed by atoms with Gasteiger partial charge in [-0.2, -0.15) is 0 Å². The Hall–Kier alpha value is -3.03. The van der Waals surface area contributed by atoms with Gasteiger partial charge in [0.15, 0.2) is 0 Å². The molecule has 0 saturated carbocycles. The molecular weight excluding hydrogens is 310 g/mol. The topological polar surface area (TPSA) is 92.5 Å². The maximum Gasteiger partial charge on any atom is 0.273 e. The zero-order valence-electron chi connectivity index (χ0n) is 13.0. The van der Waals surface area contributed by atoms with Crippen molar-refractivity contribution < 1.29 is 9.72 Å². The first-order chi connectivity index (χ1) is 11.6. The van der Waals surface area contributed by atoms with Gasteiger partial charge in [-0.05, 0) is 6.07 Å². The Morgan fingerprint density at radius 3 is 2.42 bits per heavy atom. The van der Waals surface area contributed by atoms with Crippen molar-refractivity contribution in [1.29, 1.82) is 0 Å². The maximum atomic E-state index is 12.4. The molecule has 2 aromatic rings. The largest absolute Gasteiger partial charge is 0.339 e. The molecule has 1 aliphatic rings. The summed E-state index contributed by atoms with van der Waals surface area (Å²) in [6.07, 6.45) is 3.42. The van der Waals surface area contributed by atoms with Gasteiger partial charge in [-0.25, -0.2) is 9.97 Å². The Kier molecular flexibility index (Phi) is 4.64. The lowest BCUT2D eigenvalue weighted by molar-refractivity contribution is -0.385. The molecule has 0 atom stereocenters. The summed E-state index contributed by atoms with van der Waals surface area (Å²) in [4.78, 5) is 35.2. The second kappa shape index (κ2) is 7.03. The Balaban J connectivity index is 1.61. The number of carbonyl (C=O) groups excluding carboxylic acids is 1. The highest BCUT2D eigenvalue weighted by Gasteiger charge is 2.24. The Bertz CT molecular complexity index is 730. The molecule has 1 saturated heterocycles. The van der Waals surface area contributed by atoms with E-state index >= 15 is 0 Å². The van der Waals surface area contributed by atoms with Crippen LogP contribution in [0.15, 0.2) is 42.7 Å². The van der Waals surface area contributed by atoms with E-state index in [2.05, 4.69) is 9.97 Å². The number of nitro groups is 1. The van der Waals surface area contributed by atoms with E-state index in [0.717, 1.165) is 0 Å². The number of nitrogens with zero attached hydrogens (tertiary/aromatic N) is 5. The number of aromatic nitrogens is 2. The van der Waals surface area contributed by atoms with Crippen LogP contribution >= 0.6 is 0 Å². The van der Waals surface area contributed by atoms with Crippen LogP contribution in [0.1, 0.15) is 5.56 Å². The third-order valence-electron chi connectivity index (χ3n) is 4.00. The number of anilines is 1. The minimum absolute atomic E-state index is 0.0119. The van der Waals surface area contributed by atoms with Gasteiger partial charge in [0.05, 0.1) is 11.3 Å². The van der Waals surface area contributed by atoms with E-state index in [-0.39, 0.29) is 18.0 Å². The maximum absolute atomic E-state index is 12.4. The summed E-state index contributed by atoms with van der Waals surface area (Å²) in [5, 5.41) is 11.0. The van der Waals surface area contributed by atoms with Crippen LogP contribution in [0, 0.1) is 10.1 Å². The minimum Gasteiger partial charge on any atom is -0.339 e. The standard InChI is InChI=1S/C16H17N5O3/c22-15(12-13-4-1-2-5-14(13)21(23)24)19-8-10-20(11-9-19)16-17-6-3-7-18-16/h1-7H,8-12H2. The number of hydrogen-bond acceptors (Lipinski definition) is 6. The predicted octanol–water partition coefficient (Wildman–Crippen LogP) is 1.28. The average Bonchev–Trinajstić information content (AvgIpc) is 2.63. The number of amides is 1. The van der Waals surface area contributed by atoms with Gasteiger partial charge < -0.3 is 9.80 Å². The summed E-state index contributed by atoms with van der Waals surface area (Å²) in [6.45, 7) is 2.40. The summed E-state index contributed by atoms with van der Waals surface area (Å²) in [5.74, 6) is 0.557. The molecular formula is C16H17N5O3. The van der Waals surface area contributed by atoms with Crippen molar-refractivity contribution in [2.75, 3.05) is 31.1 Å². The SMILES string of the molecule is O=C(Cc1ccccc1[N+](=O)[O-])N1CCN(c2ncccn2)CC1. The number of nitro benzene ring substituents is 1. The van der Waals surface area contributed by atoms with E-state index in [1.54, 1.807) is 41.6 Å². The van der Waals surface area contributed by atoms with E-state index in [1.165, 1.54) is 6.07 Å². The first-order valence-electron chi connectivity index (χ1n) is 7.67. The second-order valence-corrected chi connectivity index (χ2v) is 5.48. The fraction of sp³-hybridized carbons (Fsp3) is 0.312. The molecule has 0 unspecified atom stereocenters. The number of carbonyl (C=O) groups is 1. The molecule has 0 spiro atoms. The van der Waals surface area contributed by atoms with E-state index in [4.69, 9.17) is 0 Å². The van der Waals surface area contributed by atoms with Crippen LogP contribution in [-0.2, 0) is 11.2 Å². The van der Waals surface area contributed by atoms with Crippen molar-refractivity contribution in [2.45, 2.75) is 6.42 Å². The van der Waals surface area contributed by atoms with Gasteiger partial charge in [-0.15, -0.1) is 0 Å². The van der Waals surface area contributed by atoms with E-state index < -0.39 is 4.92 Å². The number of para-hydroxylation sites is 1. The fourth-order valence-corrected chi connectivity index (χ4v) is 2.72. The molecule has 1 fully saturated rings. The average molecular weight is 327 g/mol. The molecule has 8 nitrogen and oxygen atoms in total. The van der Waals surface area contributed by atoms with Crippen molar-refractivity contribution in [2.24, 2.45) is 0 Å². The zero-order chi connectivity index (χ0) is 16.9. The normalized spacial score (nSPS) is 14.5. The monoisotopic (exact) mass is 327 g/mol. The number of piperazine rings is 1. The first kappa shape index (κ1) is 15.9. The van der Waals surface area contributed by atoms with Gasteiger partial charge in [0.2, 0.25) is 11.9 Å². The highest BCUT2D eigenvalue weighted by molar-refractivity contribution is 5.80. The van der Waals surface area contributed by atoms with Gasteiger partial charge in [0.25, 0.3) is 5.69 Å². The van der Waals surface area contributed by atoms with Crippen molar-refractivity contribution in [3.05, 3.63) is 58.4 Å². The van der Waals surface area contributed by atoms with Gasteiger partial charge in [-0.1, -0.05) is 18.2 Å². The summed E-state index contributed by atoms with van der Waals surface area (Å²) < 4.78 is 0. The van der Waals surface area contributed by atoms with E-state index in [0.29, 0.717) is 37.7 Å². The van der Waals surface area contributed by atoms with Crippen molar-refractivity contribution >= 4 is 17.5 Å². The third-order valence-corrected chi connectivity index (χ3v) is 4.00. The molecule has 2 heterocycles. The van der Waals surface area contributed by atoms with Crippen molar-refractivity contribution in [3.8, 4) is 0 Å². The van der Waals surface area contributed by atoms with Crippen molar-refractivity contribution in [1.82, 2.24) is 14.9 Å². The predicted molar refractivity (Wildman–Crippen MR) is 87.6 cm³/mol. The Morgan fingerprint density at radius 2 is 1.75 bits per heavy atom. The minimum atomic E-state index is -0.451. The summed E-state index contributed by atoms with van der Waals surface area (Å²) >= 11 is 0. The van der Waals surface area contributed by atoms with Crippen LogP contribution < -0.4 is 4.90 Å². The molecule has 1 aliphatic heterocycles. The summed E-state index contributed by atoms with van der Waals surface area (Å²) in [5.41, 5.74) is 0.434. The van der Waals surface area contributed by atoms with E-state index in [9.17, 15) is 14.9 Å². The molecule has 3 rings (SSSR count). The third kappa shape index (κ3) is 3.48. The molecule has 8 heteroatoms. The van der Waals surface area contributed by atoms with Crippen LogP contribution in [0.5, 0.6) is 0 Å².